The van der Waals surface area contributed by atoms with Crippen molar-refractivity contribution >= 4 is 29.8 Å². The second kappa shape index (κ2) is 19.2. The molecule has 0 aliphatic carbocycles. The molecular formula is C34H42N4O8. The smallest absolute Gasteiger partial charge is 0.410 e. The maximum Gasteiger partial charge on any atom is 0.410 e. The van der Waals surface area contributed by atoms with E-state index in [1.165, 1.54) is 14.0 Å². The van der Waals surface area contributed by atoms with Crippen LogP contribution in [0.4, 0.5) is 4.79 Å². The fourth-order valence-corrected chi connectivity index (χ4v) is 3.98. The molecule has 246 valence electrons. The predicted octanol–water partition coefficient (Wildman–Crippen LogP) is 2.86. The number of aliphatic carboxylic acids is 2. The van der Waals surface area contributed by atoms with Crippen LogP contribution >= 0.6 is 0 Å². The summed E-state index contributed by atoms with van der Waals surface area (Å²) in [6, 6.07) is 24.1. The summed E-state index contributed by atoms with van der Waals surface area (Å²) >= 11 is 0. The Morgan fingerprint density at radius 1 is 0.674 bits per heavy atom. The van der Waals surface area contributed by atoms with Crippen LogP contribution < -0.4 is 16.0 Å². The molecule has 3 rings (SSSR count). The van der Waals surface area contributed by atoms with Crippen LogP contribution in [0.5, 0.6) is 0 Å². The summed E-state index contributed by atoms with van der Waals surface area (Å²) < 4.78 is 5.20. The van der Waals surface area contributed by atoms with Gasteiger partial charge in [-0.25, -0.2) is 14.4 Å². The largest absolute Gasteiger partial charge is 0.480 e. The Bertz CT molecular complexity index is 1410. The number of amides is 3. The van der Waals surface area contributed by atoms with Crippen molar-refractivity contribution in [1.82, 2.24) is 20.9 Å². The van der Waals surface area contributed by atoms with Gasteiger partial charge in [0.15, 0.2) is 0 Å². The van der Waals surface area contributed by atoms with Crippen molar-refractivity contribution in [1.29, 1.82) is 0 Å². The van der Waals surface area contributed by atoms with Gasteiger partial charge in [-0.1, -0.05) is 91.0 Å². The molecule has 0 unspecified atom stereocenters. The van der Waals surface area contributed by atoms with E-state index in [-0.39, 0.29) is 25.4 Å². The van der Waals surface area contributed by atoms with Gasteiger partial charge in [0, 0.05) is 19.9 Å². The van der Waals surface area contributed by atoms with E-state index in [9.17, 15) is 29.1 Å². The third kappa shape index (κ3) is 12.8. The van der Waals surface area contributed by atoms with Crippen LogP contribution in [0.3, 0.4) is 0 Å². The first-order valence-corrected chi connectivity index (χ1v) is 14.7. The number of nitrogens with zero attached hydrogens (tertiary/aromatic N) is 1. The van der Waals surface area contributed by atoms with Gasteiger partial charge in [0.1, 0.15) is 24.7 Å². The van der Waals surface area contributed by atoms with Crippen LogP contribution in [0.1, 0.15) is 30.5 Å². The van der Waals surface area contributed by atoms with Crippen molar-refractivity contribution < 1.29 is 38.9 Å². The Morgan fingerprint density at radius 3 is 1.46 bits per heavy atom. The second-order valence-corrected chi connectivity index (χ2v) is 10.5. The van der Waals surface area contributed by atoms with Crippen LogP contribution in [-0.2, 0) is 43.4 Å². The van der Waals surface area contributed by atoms with Crippen LogP contribution in [-0.4, -0.2) is 83.2 Å². The summed E-state index contributed by atoms with van der Waals surface area (Å²) in [6.07, 6.45) is -0.240. The van der Waals surface area contributed by atoms with Gasteiger partial charge < -0.3 is 30.9 Å². The molecule has 4 atom stereocenters. The lowest BCUT2D eigenvalue weighted by Gasteiger charge is -2.25. The maximum absolute atomic E-state index is 12.4. The SMILES string of the molecule is CN[C@@H](C)C(=O)N[C@@H](Cc1ccccc1)C(=O)O.C[C@@H](C(=O)N[C@@H](Cc1ccccc1)C(=O)O)N(C)C(=O)OCc1ccccc1. The van der Waals surface area contributed by atoms with Crippen molar-refractivity contribution in [3.05, 3.63) is 108 Å². The zero-order valence-electron chi connectivity index (χ0n) is 26.4. The summed E-state index contributed by atoms with van der Waals surface area (Å²) in [5.74, 6) is -3.06. The van der Waals surface area contributed by atoms with E-state index in [1.807, 2.05) is 66.7 Å². The van der Waals surface area contributed by atoms with Gasteiger partial charge in [-0.2, -0.15) is 0 Å². The van der Waals surface area contributed by atoms with E-state index < -0.39 is 48.1 Å². The van der Waals surface area contributed by atoms with Crippen LogP contribution in [0, 0.1) is 0 Å². The molecule has 0 heterocycles. The lowest BCUT2D eigenvalue weighted by Crippen LogP contribution is -2.51. The van der Waals surface area contributed by atoms with Crippen molar-refractivity contribution in [2.45, 2.75) is 57.5 Å². The maximum atomic E-state index is 12.4. The Labute approximate surface area is 268 Å². The molecule has 3 aromatic rings. The highest BCUT2D eigenvalue weighted by Gasteiger charge is 2.28. The number of hydrogen-bond acceptors (Lipinski definition) is 7. The molecule has 0 aliphatic rings. The van der Waals surface area contributed by atoms with E-state index in [1.54, 1.807) is 38.2 Å². The average molecular weight is 635 g/mol. The second-order valence-electron chi connectivity index (χ2n) is 10.5. The molecule has 0 saturated heterocycles. The Morgan fingerprint density at radius 2 is 1.07 bits per heavy atom. The first-order valence-electron chi connectivity index (χ1n) is 14.7. The molecule has 12 nitrogen and oxygen atoms in total. The molecule has 5 N–H and O–H groups in total. The monoisotopic (exact) mass is 634 g/mol. The summed E-state index contributed by atoms with van der Waals surface area (Å²) in [7, 11) is 3.09. The van der Waals surface area contributed by atoms with Crippen LogP contribution in [0.25, 0.3) is 0 Å². The summed E-state index contributed by atoms with van der Waals surface area (Å²) in [5, 5.41) is 26.3. The van der Waals surface area contributed by atoms with Gasteiger partial charge in [-0.15, -0.1) is 0 Å². The lowest BCUT2D eigenvalue weighted by molar-refractivity contribution is -0.142. The highest BCUT2D eigenvalue weighted by Crippen LogP contribution is 2.08. The number of rotatable bonds is 14. The molecule has 0 radical (unpaired) electrons. The fraction of sp³-hybridized carbons (Fsp3) is 0.324. The number of carboxylic acids is 2. The number of carbonyl (C=O) groups is 5. The fourth-order valence-electron chi connectivity index (χ4n) is 3.98. The number of likely N-dealkylation sites (N-methyl/N-ethyl adjacent to an activating group) is 2. The molecule has 3 amide bonds. The van der Waals surface area contributed by atoms with Gasteiger partial charge in [0.2, 0.25) is 11.8 Å². The Hall–Kier alpha value is -5.23. The van der Waals surface area contributed by atoms with Gasteiger partial charge in [-0.3, -0.25) is 14.5 Å². The molecular weight excluding hydrogens is 592 g/mol. The normalized spacial score (nSPS) is 13.0. The highest BCUT2D eigenvalue weighted by atomic mass is 16.6. The Balaban J connectivity index is 0.000000353. The minimum atomic E-state index is -1.14. The van der Waals surface area contributed by atoms with Gasteiger partial charge in [0.05, 0.1) is 6.04 Å². The first kappa shape index (κ1) is 37.0. The molecule has 0 fully saturated rings. The molecule has 0 aromatic heterocycles. The van der Waals surface area contributed by atoms with E-state index >= 15 is 0 Å². The molecule has 0 saturated carbocycles. The van der Waals surface area contributed by atoms with Crippen molar-refractivity contribution in [3.8, 4) is 0 Å². The molecule has 0 bridgehead atoms. The summed E-state index contributed by atoms with van der Waals surface area (Å²) in [6.45, 7) is 3.28. The first-order chi connectivity index (χ1) is 21.9. The third-order valence-corrected chi connectivity index (χ3v) is 7.07. The molecule has 12 heteroatoms. The number of benzene rings is 3. The van der Waals surface area contributed by atoms with Gasteiger partial charge >= 0.3 is 18.0 Å². The van der Waals surface area contributed by atoms with Crippen molar-refractivity contribution in [3.63, 3.8) is 0 Å². The minimum Gasteiger partial charge on any atom is -0.480 e. The van der Waals surface area contributed by atoms with E-state index in [0.29, 0.717) is 0 Å². The molecule has 46 heavy (non-hydrogen) atoms. The third-order valence-electron chi connectivity index (χ3n) is 7.07. The lowest BCUT2D eigenvalue weighted by atomic mass is 10.1. The topological polar surface area (TPSA) is 174 Å². The summed E-state index contributed by atoms with van der Waals surface area (Å²) in [5.41, 5.74) is 2.50. The quantitative estimate of drug-likeness (QED) is 0.179. The van der Waals surface area contributed by atoms with Gasteiger partial charge in [0.25, 0.3) is 0 Å². The number of carboxylic acid groups (broad SMARTS) is 2. The van der Waals surface area contributed by atoms with Crippen molar-refractivity contribution in [2.75, 3.05) is 14.1 Å². The zero-order valence-corrected chi connectivity index (χ0v) is 26.4. The van der Waals surface area contributed by atoms with Crippen LogP contribution in [0.2, 0.25) is 0 Å². The Kier molecular flexibility index (Phi) is 15.4. The standard InChI is InChI=1S/C21H24N2O5.C13H18N2O3/c1-15(23(2)21(27)28-14-17-11-7-4-8-12-17)19(24)22-18(20(25)26)13-16-9-5-3-6-10-16;1-9(14-2)12(16)15-11(13(17)18)8-10-6-4-3-5-7-10/h3-12,15,18H,13-14H2,1-2H3,(H,22,24)(H,25,26);3-7,9,11,14H,8H2,1-2H3,(H,15,16)(H,17,18)/t15-,18-;9-,11-/m00/s1. The minimum absolute atomic E-state index is 0.0874. The molecule has 0 aliphatic heterocycles. The van der Waals surface area contributed by atoms with Crippen molar-refractivity contribution in [2.24, 2.45) is 0 Å². The number of nitrogens with one attached hydrogen (secondary N) is 3. The number of carbonyl (C=O) groups excluding carboxylic acids is 3. The van der Waals surface area contributed by atoms with E-state index in [0.717, 1.165) is 21.6 Å². The van der Waals surface area contributed by atoms with Crippen LogP contribution in [0.15, 0.2) is 91.0 Å². The van der Waals surface area contributed by atoms with E-state index in [2.05, 4.69) is 16.0 Å². The zero-order chi connectivity index (χ0) is 34.1. The average Bonchev–Trinajstić information content (AvgIpc) is 3.06. The number of hydrogen-bond donors (Lipinski definition) is 5. The van der Waals surface area contributed by atoms with E-state index in [4.69, 9.17) is 9.84 Å². The summed E-state index contributed by atoms with van der Waals surface area (Å²) in [4.78, 5) is 60.0. The predicted molar refractivity (Wildman–Crippen MR) is 172 cm³/mol. The number of ether oxygens (including phenoxy) is 1. The van der Waals surface area contributed by atoms with Gasteiger partial charge in [-0.05, 0) is 37.6 Å². The highest BCUT2D eigenvalue weighted by molar-refractivity contribution is 5.89. The molecule has 3 aromatic carbocycles. The molecule has 0 spiro atoms.